The fourth-order valence-corrected chi connectivity index (χ4v) is 2.84. The maximum absolute atomic E-state index is 12.2. The summed E-state index contributed by atoms with van der Waals surface area (Å²) in [5.41, 5.74) is 0.0246. The smallest absolute Gasteiger partial charge is 0.274 e. The standard InChI is InChI=1S/C12H16N4O2/c17-11-4-3-9(14-15-11)12(18)16-6-8-2-1-5-13-10(8)7-16/h3-4,8,10,13H,1-2,5-7H2,(H,15,17)/t8-,10+/m0/s1. The molecule has 2 aliphatic heterocycles. The molecule has 0 saturated carbocycles. The second-order valence-corrected chi connectivity index (χ2v) is 4.98. The predicted molar refractivity (Wildman–Crippen MR) is 65.3 cm³/mol. The first-order chi connectivity index (χ1) is 8.74. The molecule has 1 amide bonds. The van der Waals surface area contributed by atoms with Gasteiger partial charge in [-0.1, -0.05) is 0 Å². The van der Waals surface area contributed by atoms with Gasteiger partial charge in [0.05, 0.1) is 0 Å². The maximum atomic E-state index is 12.2. The molecule has 6 nitrogen and oxygen atoms in total. The van der Waals surface area contributed by atoms with Crippen molar-refractivity contribution in [2.75, 3.05) is 19.6 Å². The largest absolute Gasteiger partial charge is 0.335 e. The SMILES string of the molecule is O=C(c1ccc(=O)[nH]n1)N1C[C@@H]2CCCN[C@@H]2C1. The molecular formula is C12H16N4O2. The van der Waals surface area contributed by atoms with E-state index in [1.807, 2.05) is 4.90 Å². The highest BCUT2D eigenvalue weighted by Crippen LogP contribution is 2.25. The van der Waals surface area contributed by atoms with Crippen molar-refractivity contribution in [3.63, 3.8) is 0 Å². The Balaban J connectivity index is 1.74. The van der Waals surface area contributed by atoms with E-state index in [-0.39, 0.29) is 11.5 Å². The molecule has 6 heteroatoms. The van der Waals surface area contributed by atoms with Crippen LogP contribution < -0.4 is 10.9 Å². The van der Waals surface area contributed by atoms with Crippen molar-refractivity contribution < 1.29 is 4.79 Å². The Kier molecular flexibility index (Phi) is 2.87. The second kappa shape index (κ2) is 4.53. The molecule has 96 valence electrons. The van der Waals surface area contributed by atoms with Gasteiger partial charge in [-0.3, -0.25) is 9.59 Å². The lowest BCUT2D eigenvalue weighted by Crippen LogP contribution is -2.41. The molecule has 2 N–H and O–H groups in total. The third-order valence-corrected chi connectivity index (χ3v) is 3.78. The van der Waals surface area contributed by atoms with Gasteiger partial charge in [-0.15, -0.1) is 0 Å². The molecule has 0 aliphatic carbocycles. The first kappa shape index (κ1) is 11.4. The van der Waals surface area contributed by atoms with E-state index in [0.717, 1.165) is 19.6 Å². The lowest BCUT2D eigenvalue weighted by atomic mass is 9.94. The summed E-state index contributed by atoms with van der Waals surface area (Å²) in [6.07, 6.45) is 2.36. The van der Waals surface area contributed by atoms with Crippen LogP contribution in [0.25, 0.3) is 0 Å². The first-order valence-electron chi connectivity index (χ1n) is 6.32. The summed E-state index contributed by atoms with van der Waals surface area (Å²) in [5.74, 6) is 0.466. The number of piperidine rings is 1. The molecule has 18 heavy (non-hydrogen) atoms. The minimum Gasteiger partial charge on any atom is -0.335 e. The van der Waals surface area contributed by atoms with Crippen LogP contribution in [-0.2, 0) is 0 Å². The number of hydrogen-bond donors (Lipinski definition) is 2. The second-order valence-electron chi connectivity index (χ2n) is 4.98. The monoisotopic (exact) mass is 248 g/mol. The Morgan fingerprint density at radius 3 is 3.00 bits per heavy atom. The molecule has 1 aromatic heterocycles. The van der Waals surface area contributed by atoms with E-state index in [1.54, 1.807) is 0 Å². The lowest BCUT2D eigenvalue weighted by molar-refractivity contribution is 0.0778. The molecule has 0 unspecified atom stereocenters. The molecule has 2 fully saturated rings. The zero-order valence-electron chi connectivity index (χ0n) is 10.1. The molecule has 1 aromatic rings. The van der Waals surface area contributed by atoms with Crippen molar-refractivity contribution in [2.24, 2.45) is 5.92 Å². The third-order valence-electron chi connectivity index (χ3n) is 3.78. The number of nitrogens with zero attached hydrogens (tertiary/aromatic N) is 2. The van der Waals surface area contributed by atoms with Gasteiger partial charge in [-0.2, -0.15) is 5.10 Å². The van der Waals surface area contributed by atoms with Crippen LogP contribution in [0.2, 0.25) is 0 Å². The van der Waals surface area contributed by atoms with Crippen LogP contribution in [0.15, 0.2) is 16.9 Å². The highest BCUT2D eigenvalue weighted by atomic mass is 16.2. The van der Waals surface area contributed by atoms with Gasteiger partial charge in [-0.05, 0) is 31.4 Å². The Hall–Kier alpha value is -1.69. The van der Waals surface area contributed by atoms with Crippen LogP contribution in [0.4, 0.5) is 0 Å². The van der Waals surface area contributed by atoms with Gasteiger partial charge in [0.25, 0.3) is 11.5 Å². The number of hydrogen-bond acceptors (Lipinski definition) is 4. The van der Waals surface area contributed by atoms with Gasteiger partial charge >= 0.3 is 0 Å². The summed E-state index contributed by atoms with van der Waals surface area (Å²) >= 11 is 0. The van der Waals surface area contributed by atoms with Crippen LogP contribution in [0.1, 0.15) is 23.3 Å². The normalized spacial score (nSPS) is 27.0. The van der Waals surface area contributed by atoms with Crippen molar-refractivity contribution in [1.82, 2.24) is 20.4 Å². The van der Waals surface area contributed by atoms with Crippen LogP contribution in [0.3, 0.4) is 0 Å². The molecule has 0 aromatic carbocycles. The summed E-state index contributed by atoms with van der Waals surface area (Å²) in [5, 5.41) is 9.54. The predicted octanol–water partition coefficient (Wildman–Crippen LogP) is -0.406. The fraction of sp³-hybridized carbons (Fsp3) is 0.583. The van der Waals surface area contributed by atoms with E-state index < -0.39 is 0 Å². The fourth-order valence-electron chi connectivity index (χ4n) is 2.84. The quantitative estimate of drug-likeness (QED) is 0.708. The Labute approximate surface area is 104 Å². The molecule has 3 heterocycles. The molecule has 2 saturated heterocycles. The summed E-state index contributed by atoms with van der Waals surface area (Å²) in [4.78, 5) is 25.0. The molecule has 0 radical (unpaired) electrons. The van der Waals surface area contributed by atoms with Gasteiger partial charge < -0.3 is 10.2 Å². The molecule has 2 atom stereocenters. The van der Waals surface area contributed by atoms with E-state index in [0.29, 0.717) is 17.7 Å². The number of carbonyl (C=O) groups is 1. The van der Waals surface area contributed by atoms with Gasteiger partial charge in [0.1, 0.15) is 5.69 Å². The van der Waals surface area contributed by atoms with Gasteiger partial charge in [-0.25, -0.2) is 5.10 Å². The van der Waals surface area contributed by atoms with Gasteiger partial charge in [0, 0.05) is 25.2 Å². The zero-order chi connectivity index (χ0) is 12.5. The van der Waals surface area contributed by atoms with Crippen LogP contribution in [0.5, 0.6) is 0 Å². The number of aromatic amines is 1. The average molecular weight is 248 g/mol. The van der Waals surface area contributed by atoms with E-state index in [4.69, 9.17) is 0 Å². The minimum absolute atomic E-state index is 0.0950. The average Bonchev–Trinajstić information content (AvgIpc) is 2.82. The van der Waals surface area contributed by atoms with Crippen molar-refractivity contribution in [3.05, 3.63) is 28.2 Å². The minimum atomic E-state index is -0.289. The van der Waals surface area contributed by atoms with Crippen molar-refractivity contribution >= 4 is 5.91 Å². The Morgan fingerprint density at radius 1 is 1.39 bits per heavy atom. The van der Waals surface area contributed by atoms with Crippen molar-refractivity contribution in [2.45, 2.75) is 18.9 Å². The number of carbonyl (C=O) groups excluding carboxylic acids is 1. The summed E-state index contributed by atoms with van der Waals surface area (Å²) in [7, 11) is 0. The number of aromatic nitrogens is 2. The number of fused-ring (bicyclic) bond motifs is 1. The van der Waals surface area contributed by atoms with E-state index in [9.17, 15) is 9.59 Å². The van der Waals surface area contributed by atoms with Crippen LogP contribution >= 0.6 is 0 Å². The van der Waals surface area contributed by atoms with E-state index in [2.05, 4.69) is 15.5 Å². The van der Waals surface area contributed by atoms with Gasteiger partial charge in [0.15, 0.2) is 0 Å². The maximum Gasteiger partial charge on any atom is 0.274 e. The Morgan fingerprint density at radius 2 is 2.28 bits per heavy atom. The van der Waals surface area contributed by atoms with E-state index >= 15 is 0 Å². The molecule has 3 rings (SSSR count). The van der Waals surface area contributed by atoms with Gasteiger partial charge in [0.2, 0.25) is 0 Å². The number of H-pyrrole nitrogens is 1. The summed E-state index contributed by atoms with van der Waals surface area (Å²) in [6, 6.07) is 3.24. The third kappa shape index (κ3) is 2.03. The van der Waals surface area contributed by atoms with Crippen molar-refractivity contribution in [3.8, 4) is 0 Å². The van der Waals surface area contributed by atoms with Crippen molar-refractivity contribution in [1.29, 1.82) is 0 Å². The first-order valence-corrected chi connectivity index (χ1v) is 6.32. The molecule has 0 spiro atoms. The highest BCUT2D eigenvalue weighted by Gasteiger charge is 2.36. The number of rotatable bonds is 1. The summed E-state index contributed by atoms with van der Waals surface area (Å²) < 4.78 is 0. The summed E-state index contributed by atoms with van der Waals surface area (Å²) in [6.45, 7) is 2.57. The highest BCUT2D eigenvalue weighted by molar-refractivity contribution is 5.92. The van der Waals surface area contributed by atoms with E-state index in [1.165, 1.54) is 25.0 Å². The zero-order valence-corrected chi connectivity index (χ0v) is 10.1. The molecule has 0 bridgehead atoms. The lowest BCUT2D eigenvalue weighted by Gasteiger charge is -2.24. The number of likely N-dealkylation sites (tertiary alicyclic amines) is 1. The Bertz CT molecular complexity index is 479. The van der Waals surface area contributed by atoms with Crippen LogP contribution in [0, 0.1) is 5.92 Å². The van der Waals surface area contributed by atoms with Crippen LogP contribution in [-0.4, -0.2) is 46.7 Å². The topological polar surface area (TPSA) is 78.1 Å². The molecular weight excluding hydrogens is 232 g/mol. The molecule has 2 aliphatic rings. The number of amides is 1. The number of nitrogens with one attached hydrogen (secondary N) is 2.